The van der Waals surface area contributed by atoms with Gasteiger partial charge in [0, 0.05) is 12.0 Å². The number of carbonyl (C=O) groups is 2. The first kappa shape index (κ1) is 19.7. The van der Waals surface area contributed by atoms with Crippen LogP contribution in [0.5, 0.6) is 0 Å². The van der Waals surface area contributed by atoms with Crippen molar-refractivity contribution in [1.29, 1.82) is 0 Å². The van der Waals surface area contributed by atoms with E-state index in [0.717, 1.165) is 12.0 Å². The van der Waals surface area contributed by atoms with Crippen LogP contribution in [0.1, 0.15) is 44.4 Å². The minimum atomic E-state index is -0.690. The third kappa shape index (κ3) is 5.45. The summed E-state index contributed by atoms with van der Waals surface area (Å²) in [5, 5.41) is 5.87. The Morgan fingerprint density at radius 3 is 2.12 bits per heavy atom. The second-order valence-corrected chi connectivity index (χ2v) is 7.08. The zero-order valence-electron chi connectivity index (χ0n) is 15.8. The van der Waals surface area contributed by atoms with E-state index in [0.29, 0.717) is 13.0 Å². The number of amides is 2. The maximum absolute atomic E-state index is 12.8. The summed E-state index contributed by atoms with van der Waals surface area (Å²) < 4.78 is 0. The number of benzene rings is 2. The number of nitrogens with one attached hydrogen (secondary N) is 2. The minimum Gasteiger partial charge on any atom is -0.354 e. The topological polar surface area (TPSA) is 58.2 Å². The number of rotatable bonds is 8. The van der Waals surface area contributed by atoms with Crippen LogP contribution in [0.2, 0.25) is 0 Å². The molecule has 138 valence electrons. The summed E-state index contributed by atoms with van der Waals surface area (Å²) in [6.07, 6.45) is 1.46. The van der Waals surface area contributed by atoms with Crippen LogP contribution in [0.3, 0.4) is 0 Å². The molecule has 2 aromatic carbocycles. The standard InChI is InChI=1S/C22H28N2O2/c1-4-22(2,3)21(26)24-19(18-13-9-6-10-14-18)20(25)23-16-15-17-11-7-5-8-12-17/h5-14,19H,4,15-16H2,1-3H3,(H,23,25)(H,24,26)/t19-/m1/s1. The zero-order valence-corrected chi connectivity index (χ0v) is 15.8. The van der Waals surface area contributed by atoms with Gasteiger partial charge in [-0.05, 0) is 24.0 Å². The van der Waals surface area contributed by atoms with Crippen molar-refractivity contribution in [3.05, 3.63) is 71.8 Å². The molecule has 2 amide bonds. The number of hydrogen-bond donors (Lipinski definition) is 2. The lowest BCUT2D eigenvalue weighted by atomic mass is 9.88. The van der Waals surface area contributed by atoms with Gasteiger partial charge in [-0.15, -0.1) is 0 Å². The molecule has 0 aliphatic rings. The van der Waals surface area contributed by atoms with E-state index in [1.54, 1.807) is 0 Å². The molecule has 2 aromatic rings. The summed E-state index contributed by atoms with van der Waals surface area (Å²) in [6.45, 7) is 6.27. The average molecular weight is 352 g/mol. The molecule has 0 aromatic heterocycles. The van der Waals surface area contributed by atoms with Crippen LogP contribution in [0.25, 0.3) is 0 Å². The second-order valence-electron chi connectivity index (χ2n) is 7.08. The average Bonchev–Trinajstić information content (AvgIpc) is 2.67. The van der Waals surface area contributed by atoms with Gasteiger partial charge in [-0.25, -0.2) is 0 Å². The molecule has 0 spiro atoms. The quantitative estimate of drug-likeness (QED) is 0.762. The predicted molar refractivity (Wildman–Crippen MR) is 105 cm³/mol. The molecule has 0 bridgehead atoms. The van der Waals surface area contributed by atoms with Gasteiger partial charge in [-0.1, -0.05) is 81.4 Å². The largest absolute Gasteiger partial charge is 0.354 e. The summed E-state index contributed by atoms with van der Waals surface area (Å²) in [5.74, 6) is -0.306. The van der Waals surface area contributed by atoms with Gasteiger partial charge in [0.25, 0.3) is 0 Å². The van der Waals surface area contributed by atoms with Crippen molar-refractivity contribution >= 4 is 11.8 Å². The van der Waals surface area contributed by atoms with E-state index >= 15 is 0 Å². The molecule has 0 unspecified atom stereocenters. The van der Waals surface area contributed by atoms with Crippen LogP contribution < -0.4 is 10.6 Å². The van der Waals surface area contributed by atoms with Crippen LogP contribution >= 0.6 is 0 Å². The first-order chi connectivity index (χ1) is 12.4. The van der Waals surface area contributed by atoms with E-state index in [2.05, 4.69) is 10.6 Å². The third-order valence-electron chi connectivity index (χ3n) is 4.72. The maximum atomic E-state index is 12.8. The molecular weight excluding hydrogens is 324 g/mol. The normalized spacial score (nSPS) is 12.3. The fourth-order valence-corrected chi connectivity index (χ4v) is 2.51. The third-order valence-corrected chi connectivity index (χ3v) is 4.72. The van der Waals surface area contributed by atoms with E-state index in [9.17, 15) is 9.59 Å². The monoisotopic (exact) mass is 352 g/mol. The van der Waals surface area contributed by atoms with Crippen molar-refractivity contribution in [1.82, 2.24) is 10.6 Å². The molecule has 26 heavy (non-hydrogen) atoms. The Balaban J connectivity index is 2.05. The molecular formula is C22H28N2O2. The summed E-state index contributed by atoms with van der Waals surface area (Å²) in [4.78, 5) is 25.3. The van der Waals surface area contributed by atoms with Crippen LogP contribution in [0.4, 0.5) is 0 Å². The van der Waals surface area contributed by atoms with Crippen molar-refractivity contribution in [3.8, 4) is 0 Å². The molecule has 0 fully saturated rings. The Bertz CT molecular complexity index is 711. The molecule has 0 saturated heterocycles. The molecule has 0 radical (unpaired) electrons. The fourth-order valence-electron chi connectivity index (χ4n) is 2.51. The number of hydrogen-bond acceptors (Lipinski definition) is 2. The van der Waals surface area contributed by atoms with E-state index in [1.807, 2.05) is 81.4 Å². The minimum absolute atomic E-state index is 0.118. The van der Waals surface area contributed by atoms with E-state index in [-0.39, 0.29) is 11.8 Å². The lowest BCUT2D eigenvalue weighted by molar-refractivity contribution is -0.134. The number of carbonyl (C=O) groups excluding carboxylic acids is 2. The summed E-state index contributed by atoms with van der Waals surface area (Å²) >= 11 is 0. The molecule has 0 aliphatic carbocycles. The van der Waals surface area contributed by atoms with Gasteiger partial charge in [0.05, 0.1) is 0 Å². The summed E-state index contributed by atoms with van der Waals surface area (Å²) in [7, 11) is 0. The SMILES string of the molecule is CCC(C)(C)C(=O)N[C@@H](C(=O)NCCc1ccccc1)c1ccccc1. The van der Waals surface area contributed by atoms with Crippen molar-refractivity contribution in [2.24, 2.45) is 5.41 Å². The Labute approximate surface area is 156 Å². The van der Waals surface area contributed by atoms with Gasteiger partial charge in [0.1, 0.15) is 6.04 Å². The maximum Gasteiger partial charge on any atom is 0.247 e. The van der Waals surface area contributed by atoms with Crippen molar-refractivity contribution in [2.75, 3.05) is 6.54 Å². The van der Waals surface area contributed by atoms with Gasteiger partial charge in [-0.2, -0.15) is 0 Å². The Morgan fingerprint density at radius 2 is 1.54 bits per heavy atom. The highest BCUT2D eigenvalue weighted by Gasteiger charge is 2.30. The predicted octanol–water partition coefficient (Wildman–Crippen LogP) is 3.64. The Hall–Kier alpha value is -2.62. The van der Waals surface area contributed by atoms with E-state index in [1.165, 1.54) is 5.56 Å². The second kappa shape index (κ2) is 9.18. The van der Waals surface area contributed by atoms with E-state index < -0.39 is 11.5 Å². The van der Waals surface area contributed by atoms with E-state index in [4.69, 9.17) is 0 Å². The molecule has 0 heterocycles. The first-order valence-corrected chi connectivity index (χ1v) is 9.11. The van der Waals surface area contributed by atoms with Crippen LogP contribution in [0, 0.1) is 5.41 Å². The molecule has 2 rings (SSSR count). The highest BCUT2D eigenvalue weighted by Crippen LogP contribution is 2.22. The molecule has 1 atom stereocenters. The van der Waals surface area contributed by atoms with Crippen molar-refractivity contribution < 1.29 is 9.59 Å². The Morgan fingerprint density at radius 1 is 0.962 bits per heavy atom. The van der Waals surface area contributed by atoms with Gasteiger partial charge >= 0.3 is 0 Å². The summed E-state index contributed by atoms with van der Waals surface area (Å²) in [5.41, 5.74) is 1.43. The smallest absolute Gasteiger partial charge is 0.247 e. The van der Waals surface area contributed by atoms with Gasteiger partial charge in [-0.3, -0.25) is 9.59 Å². The Kier molecular flexibility index (Phi) is 6.96. The molecule has 2 N–H and O–H groups in total. The van der Waals surface area contributed by atoms with Gasteiger partial charge in [0.15, 0.2) is 0 Å². The van der Waals surface area contributed by atoms with Crippen LogP contribution in [0.15, 0.2) is 60.7 Å². The lowest BCUT2D eigenvalue weighted by Crippen LogP contribution is -2.45. The van der Waals surface area contributed by atoms with Crippen molar-refractivity contribution in [2.45, 2.75) is 39.7 Å². The zero-order chi connectivity index (χ0) is 19.0. The van der Waals surface area contributed by atoms with Crippen LogP contribution in [-0.4, -0.2) is 18.4 Å². The highest BCUT2D eigenvalue weighted by molar-refractivity contribution is 5.90. The molecule has 4 nitrogen and oxygen atoms in total. The molecule has 0 saturated carbocycles. The fraction of sp³-hybridized carbons (Fsp3) is 0.364. The highest BCUT2D eigenvalue weighted by atomic mass is 16.2. The van der Waals surface area contributed by atoms with Gasteiger partial charge in [0.2, 0.25) is 11.8 Å². The first-order valence-electron chi connectivity index (χ1n) is 9.11. The van der Waals surface area contributed by atoms with Crippen molar-refractivity contribution in [3.63, 3.8) is 0 Å². The summed E-state index contributed by atoms with van der Waals surface area (Å²) in [6, 6.07) is 18.7. The molecule has 4 heteroatoms. The van der Waals surface area contributed by atoms with Gasteiger partial charge < -0.3 is 10.6 Å². The lowest BCUT2D eigenvalue weighted by Gasteiger charge is -2.26. The molecule has 0 aliphatic heterocycles. The van der Waals surface area contributed by atoms with Crippen LogP contribution in [-0.2, 0) is 16.0 Å².